The van der Waals surface area contributed by atoms with E-state index in [1.54, 1.807) is 37.2 Å². The van der Waals surface area contributed by atoms with E-state index < -0.39 is 0 Å². The number of carbonyl (C=O) groups excluding carboxylic acids is 1. The molecule has 0 saturated carbocycles. The van der Waals surface area contributed by atoms with E-state index in [0.717, 1.165) is 38.8 Å². The van der Waals surface area contributed by atoms with Crippen molar-refractivity contribution in [2.45, 2.75) is 27.2 Å². The summed E-state index contributed by atoms with van der Waals surface area (Å²) in [6, 6.07) is 9.59. The fourth-order valence-electron chi connectivity index (χ4n) is 4.36. The lowest BCUT2D eigenvalue weighted by Crippen LogP contribution is -2.19. The highest BCUT2D eigenvalue weighted by atomic mass is 16.1. The second kappa shape index (κ2) is 9.15. The number of aromatic nitrogens is 8. The Labute approximate surface area is 218 Å². The summed E-state index contributed by atoms with van der Waals surface area (Å²) in [6.07, 6.45) is 10.8. The molecule has 38 heavy (non-hydrogen) atoms. The predicted octanol–water partition coefficient (Wildman–Crippen LogP) is 5.39. The van der Waals surface area contributed by atoms with Gasteiger partial charge in [0, 0.05) is 54.1 Å². The monoisotopic (exact) mass is 503 g/mol. The Bertz CT molecular complexity index is 1780. The molecule has 0 saturated heterocycles. The number of anilines is 1. The van der Waals surface area contributed by atoms with Crippen LogP contribution >= 0.6 is 0 Å². The Hall–Kier alpha value is -4.99. The third-order valence-electron chi connectivity index (χ3n) is 6.04. The molecule has 0 aliphatic rings. The minimum Gasteiger partial charge on any atom is -0.336 e. The molecule has 0 unspecified atom stereocenters. The maximum Gasteiger partial charge on any atom is 0.224 e. The van der Waals surface area contributed by atoms with Crippen molar-refractivity contribution in [2.75, 3.05) is 5.32 Å². The van der Waals surface area contributed by atoms with Crippen LogP contribution in [-0.4, -0.2) is 46.0 Å². The lowest BCUT2D eigenvalue weighted by molar-refractivity contribution is -0.117. The fraction of sp³-hybridized carbons (Fsp3) is 0.179. The molecule has 6 heterocycles. The molecule has 10 heteroatoms. The van der Waals surface area contributed by atoms with Crippen LogP contribution in [0.1, 0.15) is 27.2 Å². The molecule has 0 radical (unpaired) electrons. The molecule has 6 aromatic rings. The first-order chi connectivity index (χ1) is 18.3. The molecule has 3 N–H and O–H groups in total. The van der Waals surface area contributed by atoms with Crippen molar-refractivity contribution in [3.8, 4) is 33.9 Å². The van der Waals surface area contributed by atoms with Crippen LogP contribution in [0.5, 0.6) is 0 Å². The Morgan fingerprint density at radius 3 is 2.53 bits per heavy atom. The van der Waals surface area contributed by atoms with E-state index in [1.165, 1.54) is 0 Å². The number of H-pyrrole nitrogens is 2. The largest absolute Gasteiger partial charge is 0.336 e. The summed E-state index contributed by atoms with van der Waals surface area (Å²) in [4.78, 5) is 38.2. The first-order valence-electron chi connectivity index (χ1n) is 12.2. The molecule has 0 bridgehead atoms. The smallest absolute Gasteiger partial charge is 0.224 e. The predicted molar refractivity (Wildman–Crippen MR) is 146 cm³/mol. The molecule has 10 nitrogen and oxygen atoms in total. The number of pyridine rings is 4. The minimum absolute atomic E-state index is 0.0485. The number of rotatable bonds is 5. The summed E-state index contributed by atoms with van der Waals surface area (Å²) in [5, 5.41) is 11.3. The van der Waals surface area contributed by atoms with Crippen molar-refractivity contribution in [1.82, 2.24) is 40.1 Å². The number of fused-ring (bicyclic) bond motifs is 2. The second-order valence-corrected chi connectivity index (χ2v) is 10.3. The van der Waals surface area contributed by atoms with Crippen molar-refractivity contribution in [2.24, 2.45) is 5.41 Å². The number of aromatic amines is 2. The molecule has 188 valence electrons. The molecule has 0 aliphatic heterocycles. The zero-order chi connectivity index (χ0) is 26.3. The molecule has 6 rings (SSSR count). The van der Waals surface area contributed by atoms with Crippen molar-refractivity contribution in [3.05, 3.63) is 67.5 Å². The van der Waals surface area contributed by atoms with E-state index in [-0.39, 0.29) is 11.3 Å². The van der Waals surface area contributed by atoms with E-state index in [0.29, 0.717) is 29.3 Å². The van der Waals surface area contributed by atoms with E-state index in [4.69, 9.17) is 4.98 Å². The summed E-state index contributed by atoms with van der Waals surface area (Å²) in [5.74, 6) is 0.558. The highest BCUT2D eigenvalue weighted by Crippen LogP contribution is 2.32. The van der Waals surface area contributed by atoms with Crippen LogP contribution in [0.2, 0.25) is 0 Å². The lowest BCUT2D eigenvalue weighted by atomic mass is 9.92. The minimum atomic E-state index is -0.104. The summed E-state index contributed by atoms with van der Waals surface area (Å²) in [7, 11) is 0. The van der Waals surface area contributed by atoms with Crippen molar-refractivity contribution >= 4 is 33.7 Å². The number of carbonyl (C=O) groups is 1. The number of nitrogens with one attached hydrogen (secondary N) is 3. The van der Waals surface area contributed by atoms with Gasteiger partial charge in [-0.3, -0.25) is 24.8 Å². The van der Waals surface area contributed by atoms with Gasteiger partial charge in [-0.05, 0) is 35.7 Å². The van der Waals surface area contributed by atoms with Gasteiger partial charge in [-0.1, -0.05) is 20.8 Å². The first kappa shape index (κ1) is 23.4. The van der Waals surface area contributed by atoms with E-state index >= 15 is 0 Å². The molecule has 0 spiro atoms. The first-order valence-corrected chi connectivity index (χ1v) is 12.2. The fourth-order valence-corrected chi connectivity index (χ4v) is 4.36. The van der Waals surface area contributed by atoms with Gasteiger partial charge < -0.3 is 10.3 Å². The van der Waals surface area contributed by atoms with Crippen LogP contribution in [0.25, 0.3) is 56.0 Å². The van der Waals surface area contributed by atoms with Gasteiger partial charge in [0.15, 0.2) is 11.5 Å². The van der Waals surface area contributed by atoms with E-state index in [2.05, 4.69) is 40.4 Å². The highest BCUT2D eigenvalue weighted by Gasteiger charge is 2.18. The molecule has 0 atom stereocenters. The maximum atomic E-state index is 12.4. The number of amides is 1. The standard InChI is InChI=1S/C28H25N9O/c1-28(2,3)12-22(38)33-19-10-17(13-30-15-19)18-11-20-24(36-37-26(20)32-14-18)27-34-21-6-9-31-23(25(21)35-27)16-4-7-29-8-5-16/h4-11,13-15H,12H2,1-3H3,(H,33,38)(H,34,35)(H,32,36,37). The molecule has 0 aliphatic carbocycles. The summed E-state index contributed by atoms with van der Waals surface area (Å²) < 4.78 is 0. The average Bonchev–Trinajstić information content (AvgIpc) is 3.51. The number of hydrogen-bond acceptors (Lipinski definition) is 7. The van der Waals surface area contributed by atoms with Crippen molar-refractivity contribution < 1.29 is 4.79 Å². The topological polar surface area (TPSA) is 138 Å². The van der Waals surface area contributed by atoms with Crippen LogP contribution in [0, 0.1) is 5.41 Å². The Balaban J connectivity index is 1.36. The summed E-state index contributed by atoms with van der Waals surface area (Å²) >= 11 is 0. The van der Waals surface area contributed by atoms with Gasteiger partial charge in [0.25, 0.3) is 0 Å². The van der Waals surface area contributed by atoms with Gasteiger partial charge in [-0.15, -0.1) is 0 Å². The van der Waals surface area contributed by atoms with Crippen LogP contribution in [0.3, 0.4) is 0 Å². The number of hydrogen-bond donors (Lipinski definition) is 3. The van der Waals surface area contributed by atoms with Gasteiger partial charge in [-0.25, -0.2) is 9.97 Å². The molecule has 1 amide bonds. The molecule has 0 aromatic carbocycles. The molecular weight excluding hydrogens is 478 g/mol. The number of imidazole rings is 1. The quantitative estimate of drug-likeness (QED) is 0.286. The lowest BCUT2D eigenvalue weighted by Gasteiger charge is -2.17. The zero-order valence-corrected chi connectivity index (χ0v) is 21.1. The molecular formula is C28H25N9O. The summed E-state index contributed by atoms with van der Waals surface area (Å²) in [5.41, 5.74) is 6.79. The van der Waals surface area contributed by atoms with E-state index in [9.17, 15) is 4.79 Å². The van der Waals surface area contributed by atoms with Crippen LogP contribution in [0.4, 0.5) is 5.69 Å². The van der Waals surface area contributed by atoms with E-state index in [1.807, 2.05) is 51.1 Å². The van der Waals surface area contributed by atoms with Crippen LogP contribution in [0.15, 0.2) is 67.5 Å². The Morgan fingerprint density at radius 2 is 1.71 bits per heavy atom. The van der Waals surface area contributed by atoms with Crippen LogP contribution in [-0.2, 0) is 4.79 Å². The van der Waals surface area contributed by atoms with Gasteiger partial charge >= 0.3 is 0 Å². The third-order valence-corrected chi connectivity index (χ3v) is 6.04. The Morgan fingerprint density at radius 1 is 0.895 bits per heavy atom. The highest BCUT2D eigenvalue weighted by molar-refractivity contribution is 5.96. The van der Waals surface area contributed by atoms with Crippen molar-refractivity contribution in [3.63, 3.8) is 0 Å². The van der Waals surface area contributed by atoms with Gasteiger partial charge in [0.2, 0.25) is 5.91 Å². The van der Waals surface area contributed by atoms with Gasteiger partial charge in [0.1, 0.15) is 11.2 Å². The zero-order valence-electron chi connectivity index (χ0n) is 21.1. The van der Waals surface area contributed by atoms with Crippen LogP contribution < -0.4 is 5.32 Å². The third kappa shape index (κ3) is 4.59. The second-order valence-electron chi connectivity index (χ2n) is 10.3. The maximum absolute atomic E-state index is 12.4. The summed E-state index contributed by atoms with van der Waals surface area (Å²) in [6.45, 7) is 6.09. The normalized spacial score (nSPS) is 11.8. The SMILES string of the molecule is CC(C)(C)CC(=O)Nc1cncc(-c2cnc3[nH]nc(-c4nc5c(-c6ccncc6)nccc5[nH]4)c3c2)c1. The van der Waals surface area contributed by atoms with Gasteiger partial charge in [-0.2, -0.15) is 5.10 Å². The van der Waals surface area contributed by atoms with Crippen molar-refractivity contribution in [1.29, 1.82) is 0 Å². The molecule has 6 aromatic heterocycles. The molecule has 0 fully saturated rings. The average molecular weight is 504 g/mol. The Kier molecular flexibility index (Phi) is 5.64. The van der Waals surface area contributed by atoms with Gasteiger partial charge in [0.05, 0.1) is 28.5 Å². The number of nitrogens with zero attached hydrogens (tertiary/aromatic N) is 6.